The van der Waals surface area contributed by atoms with E-state index in [2.05, 4.69) is 10.2 Å². The zero-order valence-corrected chi connectivity index (χ0v) is 7.91. The van der Waals surface area contributed by atoms with Crippen molar-refractivity contribution in [2.45, 2.75) is 18.3 Å². The van der Waals surface area contributed by atoms with Gasteiger partial charge in [0.05, 0.1) is 5.75 Å². The number of halogens is 3. The Kier molecular flexibility index (Phi) is 2.84. The molecule has 1 aromatic heterocycles. The lowest BCUT2D eigenvalue weighted by molar-refractivity contribution is -0.105. The first-order chi connectivity index (χ1) is 5.90. The Hall–Kier alpha value is -0.720. The molecule has 1 aromatic rings. The minimum atomic E-state index is -4.16. The third-order valence-corrected chi connectivity index (χ3v) is 2.50. The Morgan fingerprint density at radius 3 is 2.38 bits per heavy atom. The molecule has 0 fully saturated rings. The van der Waals surface area contributed by atoms with Gasteiger partial charge in [0.15, 0.2) is 5.16 Å². The summed E-state index contributed by atoms with van der Waals surface area (Å²) in [5, 5.41) is 7.52. The largest absolute Gasteiger partial charge is 0.398 e. The van der Waals surface area contributed by atoms with Gasteiger partial charge in [0.2, 0.25) is 0 Å². The van der Waals surface area contributed by atoms with E-state index in [9.17, 15) is 13.2 Å². The van der Waals surface area contributed by atoms with Crippen LogP contribution in [-0.2, 0) is 7.05 Å². The summed E-state index contributed by atoms with van der Waals surface area (Å²) in [5.74, 6) is -0.330. The molecule has 0 aliphatic rings. The predicted molar refractivity (Wildman–Crippen MR) is 42.5 cm³/mol. The molecule has 0 aliphatic carbocycles. The molecule has 0 unspecified atom stereocenters. The number of hydrogen-bond acceptors (Lipinski definition) is 3. The maximum Gasteiger partial charge on any atom is 0.398 e. The van der Waals surface area contributed by atoms with Crippen LogP contribution in [0.4, 0.5) is 13.2 Å². The maximum atomic E-state index is 11.8. The van der Waals surface area contributed by atoms with E-state index < -0.39 is 11.9 Å². The molecule has 0 bridgehead atoms. The topological polar surface area (TPSA) is 30.7 Å². The number of alkyl halides is 3. The average molecular weight is 211 g/mol. The van der Waals surface area contributed by atoms with Crippen LogP contribution in [0.25, 0.3) is 0 Å². The molecule has 0 amide bonds. The van der Waals surface area contributed by atoms with Gasteiger partial charge in [-0.05, 0) is 6.92 Å². The number of aromatic nitrogens is 3. The molecule has 7 heteroatoms. The first-order valence-electron chi connectivity index (χ1n) is 3.45. The van der Waals surface area contributed by atoms with E-state index in [0.29, 0.717) is 17.6 Å². The van der Waals surface area contributed by atoms with E-state index in [1.165, 1.54) is 4.57 Å². The first kappa shape index (κ1) is 10.4. The Morgan fingerprint density at radius 1 is 1.38 bits per heavy atom. The monoisotopic (exact) mass is 211 g/mol. The molecule has 13 heavy (non-hydrogen) atoms. The lowest BCUT2D eigenvalue weighted by atomic mass is 10.7. The van der Waals surface area contributed by atoms with Crippen molar-refractivity contribution in [1.29, 1.82) is 0 Å². The summed E-state index contributed by atoms with van der Waals surface area (Å²) in [4.78, 5) is 0. The van der Waals surface area contributed by atoms with E-state index in [0.717, 1.165) is 0 Å². The molecular formula is C6H8F3N3S. The van der Waals surface area contributed by atoms with Crippen LogP contribution in [0.2, 0.25) is 0 Å². The Morgan fingerprint density at radius 2 is 2.00 bits per heavy atom. The standard InChI is InChI=1S/C6H8F3N3S/c1-4-10-11-5(12(4)2)13-3-6(7,8)9/h3H2,1-2H3. The fourth-order valence-corrected chi connectivity index (χ4v) is 1.38. The van der Waals surface area contributed by atoms with Crippen molar-refractivity contribution in [3.63, 3.8) is 0 Å². The summed E-state index contributed by atoms with van der Waals surface area (Å²) in [5.41, 5.74) is 0. The minimum absolute atomic E-state index is 0.287. The van der Waals surface area contributed by atoms with Gasteiger partial charge in [-0.15, -0.1) is 10.2 Å². The van der Waals surface area contributed by atoms with Crippen LogP contribution >= 0.6 is 11.8 Å². The Labute approximate surface area is 77.3 Å². The van der Waals surface area contributed by atoms with Crippen molar-refractivity contribution in [2.24, 2.45) is 7.05 Å². The highest BCUT2D eigenvalue weighted by atomic mass is 32.2. The fourth-order valence-electron chi connectivity index (χ4n) is 0.660. The molecule has 1 rings (SSSR count). The fraction of sp³-hybridized carbons (Fsp3) is 0.667. The normalized spacial score (nSPS) is 12.1. The number of aryl methyl sites for hydroxylation is 1. The van der Waals surface area contributed by atoms with Crippen molar-refractivity contribution in [2.75, 3.05) is 5.75 Å². The van der Waals surface area contributed by atoms with Gasteiger partial charge in [0, 0.05) is 7.05 Å². The van der Waals surface area contributed by atoms with E-state index in [-0.39, 0.29) is 5.16 Å². The van der Waals surface area contributed by atoms with Crippen LogP contribution in [0.5, 0.6) is 0 Å². The van der Waals surface area contributed by atoms with Crippen LogP contribution in [0.15, 0.2) is 5.16 Å². The van der Waals surface area contributed by atoms with E-state index in [4.69, 9.17) is 0 Å². The zero-order valence-electron chi connectivity index (χ0n) is 7.09. The van der Waals surface area contributed by atoms with Gasteiger partial charge in [-0.1, -0.05) is 11.8 Å². The van der Waals surface area contributed by atoms with Gasteiger partial charge in [0.1, 0.15) is 5.82 Å². The van der Waals surface area contributed by atoms with E-state index in [1.54, 1.807) is 14.0 Å². The van der Waals surface area contributed by atoms with E-state index >= 15 is 0 Å². The van der Waals surface area contributed by atoms with Crippen molar-refractivity contribution in [3.8, 4) is 0 Å². The highest BCUT2D eigenvalue weighted by Gasteiger charge is 2.28. The smallest absolute Gasteiger partial charge is 0.309 e. The second kappa shape index (κ2) is 3.57. The molecule has 74 valence electrons. The van der Waals surface area contributed by atoms with Gasteiger partial charge in [-0.25, -0.2) is 0 Å². The SMILES string of the molecule is Cc1nnc(SCC(F)(F)F)n1C. The lowest BCUT2D eigenvalue weighted by Gasteiger charge is -2.04. The third-order valence-electron chi connectivity index (χ3n) is 1.42. The highest BCUT2D eigenvalue weighted by Crippen LogP contribution is 2.25. The van der Waals surface area contributed by atoms with Crippen LogP contribution in [0, 0.1) is 6.92 Å². The summed E-state index contributed by atoms with van der Waals surface area (Å²) in [7, 11) is 1.63. The van der Waals surface area contributed by atoms with Crippen LogP contribution in [0.3, 0.4) is 0 Å². The second-order valence-electron chi connectivity index (χ2n) is 2.49. The number of thioether (sulfide) groups is 1. The predicted octanol–water partition coefficient (Wildman–Crippen LogP) is 1.78. The number of hydrogen-bond donors (Lipinski definition) is 0. The Bertz CT molecular complexity index is 294. The van der Waals surface area contributed by atoms with Crippen LogP contribution in [-0.4, -0.2) is 26.7 Å². The average Bonchev–Trinajstić information content (AvgIpc) is 2.29. The number of rotatable bonds is 2. The summed E-state index contributed by atoms with van der Waals surface area (Å²) >= 11 is 0.639. The maximum absolute atomic E-state index is 11.8. The molecule has 0 atom stereocenters. The molecule has 0 saturated carbocycles. The second-order valence-corrected chi connectivity index (χ2v) is 3.44. The van der Waals surface area contributed by atoms with Crippen molar-refractivity contribution in [1.82, 2.24) is 14.8 Å². The molecule has 0 aromatic carbocycles. The summed E-state index contributed by atoms with van der Waals surface area (Å²) < 4.78 is 36.9. The van der Waals surface area contributed by atoms with Crippen molar-refractivity contribution >= 4 is 11.8 Å². The van der Waals surface area contributed by atoms with E-state index in [1.807, 2.05) is 0 Å². The Balaban J connectivity index is 2.60. The highest BCUT2D eigenvalue weighted by molar-refractivity contribution is 7.99. The molecule has 0 saturated heterocycles. The van der Waals surface area contributed by atoms with Crippen molar-refractivity contribution < 1.29 is 13.2 Å². The quantitative estimate of drug-likeness (QED) is 0.698. The van der Waals surface area contributed by atoms with Crippen LogP contribution in [0.1, 0.15) is 5.82 Å². The molecule has 0 aliphatic heterocycles. The number of nitrogens with zero attached hydrogens (tertiary/aromatic N) is 3. The van der Waals surface area contributed by atoms with Crippen LogP contribution < -0.4 is 0 Å². The molecule has 0 radical (unpaired) electrons. The van der Waals surface area contributed by atoms with Gasteiger partial charge in [-0.3, -0.25) is 0 Å². The van der Waals surface area contributed by atoms with Crippen molar-refractivity contribution in [3.05, 3.63) is 5.82 Å². The molecule has 0 spiro atoms. The van der Waals surface area contributed by atoms with Gasteiger partial charge < -0.3 is 4.57 Å². The molecule has 3 nitrogen and oxygen atoms in total. The van der Waals surface area contributed by atoms with Gasteiger partial charge >= 0.3 is 6.18 Å². The molecular weight excluding hydrogens is 203 g/mol. The third kappa shape index (κ3) is 2.91. The minimum Gasteiger partial charge on any atom is -0.309 e. The summed E-state index contributed by atoms with van der Waals surface area (Å²) in [6.07, 6.45) is -4.16. The van der Waals surface area contributed by atoms with Gasteiger partial charge in [0.25, 0.3) is 0 Å². The lowest BCUT2D eigenvalue weighted by Crippen LogP contribution is -2.11. The molecule has 0 N–H and O–H groups in total. The first-order valence-corrected chi connectivity index (χ1v) is 4.44. The summed E-state index contributed by atoms with van der Waals surface area (Å²) in [6, 6.07) is 0. The zero-order chi connectivity index (χ0) is 10.1. The van der Waals surface area contributed by atoms with Gasteiger partial charge in [-0.2, -0.15) is 13.2 Å². The molecule has 1 heterocycles. The summed E-state index contributed by atoms with van der Waals surface area (Å²) in [6.45, 7) is 1.69.